The number of nitrogens with zero attached hydrogens (tertiary/aromatic N) is 2. The lowest BCUT2D eigenvalue weighted by Crippen LogP contribution is -2.40. The molecule has 0 amide bonds. The Bertz CT molecular complexity index is 466. The minimum absolute atomic E-state index is 0. The van der Waals surface area contributed by atoms with E-state index in [-0.39, 0.29) is 24.0 Å². The molecule has 0 fully saturated rings. The predicted molar refractivity (Wildman–Crippen MR) is 100 cm³/mol. The molecule has 0 radical (unpaired) electrons. The SMILES string of the molecule is C=C(C)CN=C(NCCc1ccco1)N(C)CC(=C)C.I. The fourth-order valence-electron chi connectivity index (χ4n) is 1.75. The molecule has 0 aliphatic carbocycles. The summed E-state index contributed by atoms with van der Waals surface area (Å²) in [5.41, 5.74) is 2.14. The second-order valence-electron chi connectivity index (χ2n) is 5.17. The van der Waals surface area contributed by atoms with E-state index >= 15 is 0 Å². The van der Waals surface area contributed by atoms with Crippen molar-refractivity contribution in [3.63, 3.8) is 0 Å². The topological polar surface area (TPSA) is 40.8 Å². The van der Waals surface area contributed by atoms with E-state index < -0.39 is 0 Å². The minimum atomic E-state index is 0. The normalized spacial score (nSPS) is 10.7. The lowest BCUT2D eigenvalue weighted by molar-refractivity contribution is 0.494. The Hall–Kier alpha value is -1.24. The van der Waals surface area contributed by atoms with Gasteiger partial charge in [-0.3, -0.25) is 0 Å². The third kappa shape index (κ3) is 8.60. The van der Waals surface area contributed by atoms with Gasteiger partial charge in [-0.1, -0.05) is 24.3 Å². The maximum Gasteiger partial charge on any atom is 0.194 e. The summed E-state index contributed by atoms with van der Waals surface area (Å²) in [7, 11) is 2.01. The summed E-state index contributed by atoms with van der Waals surface area (Å²) in [6, 6.07) is 3.88. The zero-order valence-electron chi connectivity index (χ0n) is 13.2. The second kappa shape index (κ2) is 10.5. The molecular weight excluding hydrogens is 377 g/mol. The Balaban J connectivity index is 0.00000400. The molecule has 0 atom stereocenters. The highest BCUT2D eigenvalue weighted by atomic mass is 127. The molecule has 4 nitrogen and oxygen atoms in total. The Morgan fingerprint density at radius 2 is 2.05 bits per heavy atom. The van der Waals surface area contributed by atoms with E-state index in [2.05, 4.69) is 28.4 Å². The zero-order valence-corrected chi connectivity index (χ0v) is 15.5. The van der Waals surface area contributed by atoms with Gasteiger partial charge in [-0.25, -0.2) is 4.99 Å². The van der Waals surface area contributed by atoms with Gasteiger partial charge in [-0.05, 0) is 26.0 Å². The first-order chi connectivity index (χ1) is 9.49. The number of nitrogens with one attached hydrogen (secondary N) is 1. The number of halogens is 1. The van der Waals surface area contributed by atoms with E-state index in [4.69, 9.17) is 4.42 Å². The minimum Gasteiger partial charge on any atom is -0.469 e. The highest BCUT2D eigenvalue weighted by Crippen LogP contribution is 2.00. The molecule has 0 saturated carbocycles. The van der Waals surface area contributed by atoms with Crippen molar-refractivity contribution in [3.05, 3.63) is 48.5 Å². The van der Waals surface area contributed by atoms with Crippen LogP contribution in [0.2, 0.25) is 0 Å². The van der Waals surface area contributed by atoms with Crippen LogP contribution in [0.1, 0.15) is 19.6 Å². The van der Waals surface area contributed by atoms with Gasteiger partial charge < -0.3 is 14.6 Å². The number of rotatable bonds is 7. The van der Waals surface area contributed by atoms with Crippen LogP contribution >= 0.6 is 24.0 Å². The fraction of sp³-hybridized carbons (Fsp3) is 0.438. The summed E-state index contributed by atoms with van der Waals surface area (Å²) in [5.74, 6) is 1.84. The number of hydrogen-bond donors (Lipinski definition) is 1. The third-order valence-electron chi connectivity index (χ3n) is 2.60. The molecule has 0 bridgehead atoms. The molecule has 0 aromatic carbocycles. The van der Waals surface area contributed by atoms with Crippen molar-refractivity contribution >= 4 is 29.9 Å². The smallest absolute Gasteiger partial charge is 0.194 e. The van der Waals surface area contributed by atoms with Gasteiger partial charge in [0.05, 0.1) is 12.8 Å². The molecule has 0 saturated heterocycles. The number of guanidine groups is 1. The van der Waals surface area contributed by atoms with Crippen molar-refractivity contribution in [2.75, 3.05) is 26.7 Å². The van der Waals surface area contributed by atoms with Crippen LogP contribution in [0.4, 0.5) is 0 Å². The van der Waals surface area contributed by atoms with Crippen molar-refractivity contribution in [2.24, 2.45) is 4.99 Å². The van der Waals surface area contributed by atoms with Gasteiger partial charge in [0.2, 0.25) is 0 Å². The second-order valence-corrected chi connectivity index (χ2v) is 5.17. The molecule has 118 valence electrons. The highest BCUT2D eigenvalue weighted by molar-refractivity contribution is 14.0. The van der Waals surface area contributed by atoms with E-state index in [9.17, 15) is 0 Å². The maximum atomic E-state index is 5.32. The van der Waals surface area contributed by atoms with E-state index in [1.807, 2.05) is 33.0 Å². The molecule has 1 rings (SSSR count). The van der Waals surface area contributed by atoms with Gasteiger partial charge in [0.1, 0.15) is 5.76 Å². The molecule has 21 heavy (non-hydrogen) atoms. The van der Waals surface area contributed by atoms with E-state index in [0.717, 1.165) is 42.4 Å². The van der Waals surface area contributed by atoms with Gasteiger partial charge in [0.15, 0.2) is 5.96 Å². The standard InChI is InChI=1S/C16H25N3O.HI/c1-13(2)11-18-16(19(5)12-14(3)4)17-9-8-15-7-6-10-20-15;/h6-7,10H,1,3,8-9,11-12H2,2,4-5H3,(H,17,18);1H. The van der Waals surface area contributed by atoms with Crippen LogP contribution in [0.25, 0.3) is 0 Å². The molecular formula is C16H26IN3O. The van der Waals surface area contributed by atoms with E-state index in [0.29, 0.717) is 6.54 Å². The fourth-order valence-corrected chi connectivity index (χ4v) is 1.75. The van der Waals surface area contributed by atoms with Crippen molar-refractivity contribution in [3.8, 4) is 0 Å². The highest BCUT2D eigenvalue weighted by Gasteiger charge is 2.06. The lowest BCUT2D eigenvalue weighted by Gasteiger charge is -2.22. The van der Waals surface area contributed by atoms with Gasteiger partial charge in [-0.15, -0.1) is 24.0 Å². The van der Waals surface area contributed by atoms with Crippen molar-refractivity contribution in [1.29, 1.82) is 0 Å². The van der Waals surface area contributed by atoms with Gasteiger partial charge in [-0.2, -0.15) is 0 Å². The van der Waals surface area contributed by atoms with Crippen LogP contribution in [0.3, 0.4) is 0 Å². The molecule has 1 heterocycles. The first-order valence-electron chi connectivity index (χ1n) is 6.79. The van der Waals surface area contributed by atoms with E-state index in [1.165, 1.54) is 0 Å². The Labute approximate surface area is 145 Å². The molecule has 1 aromatic heterocycles. The first kappa shape index (κ1) is 19.8. The molecule has 0 unspecified atom stereocenters. The van der Waals surface area contributed by atoms with Crippen LogP contribution in [0, 0.1) is 0 Å². The number of aliphatic imine (C=N–C) groups is 1. The molecule has 0 aliphatic heterocycles. The van der Waals surface area contributed by atoms with Crippen LogP contribution in [0.15, 0.2) is 52.1 Å². The Kier molecular flexibility index (Phi) is 9.86. The third-order valence-corrected chi connectivity index (χ3v) is 2.60. The van der Waals surface area contributed by atoms with Gasteiger partial charge in [0, 0.05) is 26.6 Å². The van der Waals surface area contributed by atoms with E-state index in [1.54, 1.807) is 6.26 Å². The van der Waals surface area contributed by atoms with Crippen molar-refractivity contribution in [1.82, 2.24) is 10.2 Å². The monoisotopic (exact) mass is 403 g/mol. The number of likely N-dealkylation sites (N-methyl/N-ethyl adjacent to an activating group) is 1. The van der Waals surface area contributed by atoms with Crippen LogP contribution < -0.4 is 5.32 Å². The van der Waals surface area contributed by atoms with Crippen molar-refractivity contribution in [2.45, 2.75) is 20.3 Å². The van der Waals surface area contributed by atoms with Crippen LogP contribution in [-0.2, 0) is 6.42 Å². The Morgan fingerprint density at radius 1 is 1.33 bits per heavy atom. The summed E-state index contributed by atoms with van der Waals surface area (Å²) >= 11 is 0. The average Bonchev–Trinajstić information content (AvgIpc) is 2.85. The largest absolute Gasteiger partial charge is 0.469 e. The number of hydrogen-bond acceptors (Lipinski definition) is 2. The molecule has 1 N–H and O–H groups in total. The molecule has 1 aromatic rings. The lowest BCUT2D eigenvalue weighted by atomic mass is 10.3. The quantitative estimate of drug-likeness (QED) is 0.328. The van der Waals surface area contributed by atoms with Gasteiger partial charge >= 0.3 is 0 Å². The summed E-state index contributed by atoms with van der Waals surface area (Å²) in [6.07, 6.45) is 2.53. The number of furan rings is 1. The molecule has 0 aliphatic rings. The first-order valence-corrected chi connectivity index (χ1v) is 6.79. The Morgan fingerprint density at radius 3 is 2.57 bits per heavy atom. The average molecular weight is 403 g/mol. The summed E-state index contributed by atoms with van der Waals surface area (Å²) < 4.78 is 5.32. The molecule has 5 heteroatoms. The van der Waals surface area contributed by atoms with Crippen LogP contribution in [-0.4, -0.2) is 37.5 Å². The summed E-state index contributed by atoms with van der Waals surface area (Å²) in [6.45, 7) is 14.0. The predicted octanol–water partition coefficient (Wildman–Crippen LogP) is 3.47. The maximum absolute atomic E-state index is 5.32. The zero-order chi connectivity index (χ0) is 15.0. The van der Waals surface area contributed by atoms with Crippen LogP contribution in [0.5, 0.6) is 0 Å². The summed E-state index contributed by atoms with van der Waals surface area (Å²) in [4.78, 5) is 6.62. The van der Waals surface area contributed by atoms with Gasteiger partial charge in [0.25, 0.3) is 0 Å². The molecule has 0 spiro atoms. The van der Waals surface area contributed by atoms with Crippen molar-refractivity contribution < 1.29 is 4.42 Å². The summed E-state index contributed by atoms with van der Waals surface area (Å²) in [5, 5.41) is 3.35.